The Morgan fingerprint density at radius 2 is 1.68 bits per heavy atom. The van der Waals surface area contributed by atoms with Gasteiger partial charge in [0.15, 0.2) is 11.5 Å². The lowest BCUT2D eigenvalue weighted by atomic mass is 9.90. The normalized spacial score (nSPS) is 16.6. The number of aryl methyl sites for hydroxylation is 1. The summed E-state index contributed by atoms with van der Waals surface area (Å²) in [5.74, 6) is 0.167. The molecule has 1 aliphatic heterocycles. The number of fused-ring (bicyclic) bond motifs is 1. The molecule has 118 valence electrons. The largest absolute Gasteiger partial charge is 1.00 e. The quantitative estimate of drug-likeness (QED) is 0.560. The molecule has 3 rings (SSSR count). The Hall–Kier alpha value is -1.72. The van der Waals surface area contributed by atoms with Crippen molar-refractivity contribution in [2.24, 2.45) is 0 Å². The van der Waals surface area contributed by atoms with E-state index in [-0.39, 0.29) is 40.3 Å². The van der Waals surface area contributed by atoms with Crippen molar-refractivity contribution in [2.45, 2.75) is 25.3 Å². The molecule has 0 fully saturated rings. The molecule has 0 radical (unpaired) electrons. The van der Waals surface area contributed by atoms with Gasteiger partial charge in [0.1, 0.15) is 5.75 Å². The molecule has 0 aliphatic carbocycles. The van der Waals surface area contributed by atoms with Crippen LogP contribution in [0.4, 0.5) is 0 Å². The monoisotopic (exact) mass is 364 g/mol. The van der Waals surface area contributed by atoms with E-state index in [2.05, 4.69) is 5.32 Å². The molecule has 2 aromatic carbocycles. The number of halogens is 1. The Bertz CT molecular complexity index is 643. The molecule has 22 heavy (non-hydrogen) atoms. The van der Waals surface area contributed by atoms with Crippen LogP contribution in [-0.2, 0) is 12.8 Å². The van der Waals surface area contributed by atoms with Gasteiger partial charge in [-0.3, -0.25) is 0 Å². The van der Waals surface area contributed by atoms with E-state index in [9.17, 15) is 15.3 Å². The number of phenols is 3. The predicted octanol–water partition coefficient (Wildman–Crippen LogP) is -0.373. The number of aromatic hydroxyl groups is 3. The first-order valence-corrected chi connectivity index (χ1v) is 7.19. The number of phenolic OH excluding ortho intramolecular Hbond substituents is 3. The molecular formula is C17H19BrNO3-. The summed E-state index contributed by atoms with van der Waals surface area (Å²) in [6, 6.07) is 10.7. The van der Waals surface area contributed by atoms with Gasteiger partial charge in [0.05, 0.1) is 0 Å². The molecule has 0 spiro atoms. The summed E-state index contributed by atoms with van der Waals surface area (Å²) < 4.78 is 0. The summed E-state index contributed by atoms with van der Waals surface area (Å²) in [7, 11) is 0. The summed E-state index contributed by atoms with van der Waals surface area (Å²) >= 11 is 0. The minimum absolute atomic E-state index is 0. The molecule has 0 bridgehead atoms. The van der Waals surface area contributed by atoms with Crippen LogP contribution in [0.1, 0.15) is 29.2 Å². The average Bonchev–Trinajstić information content (AvgIpc) is 2.48. The SMILES string of the molecule is Oc1ccc(CCC2NCCc3cc(O)c(O)cc32)cc1.[Br-]. The first kappa shape index (κ1) is 16.6. The summed E-state index contributed by atoms with van der Waals surface area (Å²) in [6.07, 6.45) is 2.65. The molecule has 0 amide bonds. The van der Waals surface area contributed by atoms with Crippen molar-refractivity contribution in [3.8, 4) is 17.2 Å². The maximum atomic E-state index is 9.70. The van der Waals surface area contributed by atoms with E-state index in [0.29, 0.717) is 0 Å². The van der Waals surface area contributed by atoms with Crippen molar-refractivity contribution in [1.82, 2.24) is 5.32 Å². The first-order chi connectivity index (χ1) is 10.1. The van der Waals surface area contributed by atoms with Gasteiger partial charge in [0, 0.05) is 6.04 Å². The zero-order valence-electron chi connectivity index (χ0n) is 12.1. The van der Waals surface area contributed by atoms with Gasteiger partial charge in [-0.15, -0.1) is 0 Å². The topological polar surface area (TPSA) is 72.7 Å². The van der Waals surface area contributed by atoms with E-state index in [1.54, 1.807) is 24.3 Å². The predicted molar refractivity (Wildman–Crippen MR) is 80.6 cm³/mol. The molecule has 4 N–H and O–H groups in total. The lowest BCUT2D eigenvalue weighted by molar-refractivity contribution is -0.00000712. The highest BCUT2D eigenvalue weighted by atomic mass is 79.9. The molecule has 1 aliphatic rings. The standard InChI is InChI=1S/C17H19NO3.BrH/c19-13-4-1-11(2-5-13)3-6-15-14-10-17(21)16(20)9-12(14)7-8-18-15;/h1-2,4-5,9-10,15,18-21H,3,6-8H2;1H/p-1. The van der Waals surface area contributed by atoms with Crippen LogP contribution in [0.25, 0.3) is 0 Å². The zero-order chi connectivity index (χ0) is 14.8. The number of hydrogen-bond acceptors (Lipinski definition) is 4. The fraction of sp³-hybridized carbons (Fsp3) is 0.294. The van der Waals surface area contributed by atoms with Crippen LogP contribution in [0.15, 0.2) is 36.4 Å². The maximum absolute atomic E-state index is 9.70. The second-order valence-electron chi connectivity index (χ2n) is 5.50. The van der Waals surface area contributed by atoms with E-state index in [1.165, 1.54) is 5.56 Å². The van der Waals surface area contributed by atoms with Crippen molar-refractivity contribution in [3.63, 3.8) is 0 Å². The maximum Gasteiger partial charge on any atom is 0.157 e. The van der Waals surface area contributed by atoms with Gasteiger partial charge in [-0.25, -0.2) is 0 Å². The van der Waals surface area contributed by atoms with Gasteiger partial charge in [-0.2, -0.15) is 0 Å². The molecule has 1 atom stereocenters. The van der Waals surface area contributed by atoms with Gasteiger partial charge in [-0.1, -0.05) is 12.1 Å². The van der Waals surface area contributed by atoms with Crippen LogP contribution in [0, 0.1) is 0 Å². The van der Waals surface area contributed by atoms with Crippen LogP contribution < -0.4 is 22.3 Å². The van der Waals surface area contributed by atoms with Crippen LogP contribution in [0.5, 0.6) is 17.2 Å². The number of nitrogens with one attached hydrogen (secondary N) is 1. The van der Waals surface area contributed by atoms with Crippen molar-refractivity contribution in [2.75, 3.05) is 6.54 Å². The van der Waals surface area contributed by atoms with Gasteiger partial charge >= 0.3 is 0 Å². The third-order valence-electron chi connectivity index (χ3n) is 4.05. The lowest BCUT2D eigenvalue weighted by Crippen LogP contribution is -3.00. The average molecular weight is 365 g/mol. The Labute approximate surface area is 140 Å². The summed E-state index contributed by atoms with van der Waals surface area (Å²) in [4.78, 5) is 0. The van der Waals surface area contributed by atoms with E-state index >= 15 is 0 Å². The highest BCUT2D eigenvalue weighted by Crippen LogP contribution is 2.35. The second-order valence-corrected chi connectivity index (χ2v) is 5.50. The van der Waals surface area contributed by atoms with Gasteiger partial charge in [0.25, 0.3) is 0 Å². The molecule has 5 heteroatoms. The fourth-order valence-electron chi connectivity index (χ4n) is 2.90. The summed E-state index contributed by atoms with van der Waals surface area (Å²) in [5.41, 5.74) is 3.33. The molecular weight excluding hydrogens is 346 g/mol. The highest BCUT2D eigenvalue weighted by molar-refractivity contribution is 5.47. The van der Waals surface area contributed by atoms with Crippen molar-refractivity contribution >= 4 is 0 Å². The van der Waals surface area contributed by atoms with Crippen molar-refractivity contribution in [1.29, 1.82) is 0 Å². The molecule has 1 unspecified atom stereocenters. The summed E-state index contributed by atoms with van der Waals surface area (Å²) in [6.45, 7) is 0.872. The highest BCUT2D eigenvalue weighted by Gasteiger charge is 2.21. The molecule has 0 saturated heterocycles. The van der Waals surface area contributed by atoms with Crippen LogP contribution in [0.2, 0.25) is 0 Å². The van der Waals surface area contributed by atoms with Gasteiger partial charge < -0.3 is 37.6 Å². The zero-order valence-corrected chi connectivity index (χ0v) is 13.7. The number of benzene rings is 2. The molecule has 1 heterocycles. The van der Waals surface area contributed by atoms with E-state index in [1.807, 2.05) is 12.1 Å². The minimum atomic E-state index is -0.0629. The van der Waals surface area contributed by atoms with Crippen LogP contribution in [0.3, 0.4) is 0 Å². The Kier molecular flexibility index (Phi) is 5.32. The van der Waals surface area contributed by atoms with Crippen molar-refractivity contribution in [3.05, 3.63) is 53.1 Å². The second kappa shape index (κ2) is 7.03. The summed E-state index contributed by atoms with van der Waals surface area (Å²) in [5, 5.41) is 32.1. The van der Waals surface area contributed by atoms with Crippen LogP contribution in [-0.4, -0.2) is 21.9 Å². The van der Waals surface area contributed by atoms with Gasteiger partial charge in [-0.05, 0) is 66.8 Å². The third kappa shape index (κ3) is 3.54. The van der Waals surface area contributed by atoms with E-state index < -0.39 is 0 Å². The lowest BCUT2D eigenvalue weighted by Gasteiger charge is -2.27. The molecule has 0 aromatic heterocycles. The minimum Gasteiger partial charge on any atom is -1.00 e. The van der Waals surface area contributed by atoms with Gasteiger partial charge in [0.2, 0.25) is 0 Å². The molecule has 4 nitrogen and oxygen atoms in total. The molecule has 0 saturated carbocycles. The first-order valence-electron chi connectivity index (χ1n) is 7.19. The number of hydrogen-bond donors (Lipinski definition) is 4. The number of rotatable bonds is 3. The third-order valence-corrected chi connectivity index (χ3v) is 4.05. The molecule has 2 aromatic rings. The van der Waals surface area contributed by atoms with Crippen LogP contribution >= 0.6 is 0 Å². The van der Waals surface area contributed by atoms with Crippen molar-refractivity contribution < 1.29 is 32.3 Å². The van der Waals surface area contributed by atoms with E-state index in [0.717, 1.165) is 36.9 Å². The Balaban J connectivity index is 0.00000176. The fourth-order valence-corrected chi connectivity index (χ4v) is 2.90. The Morgan fingerprint density at radius 3 is 2.41 bits per heavy atom. The Morgan fingerprint density at radius 1 is 1.00 bits per heavy atom. The van der Waals surface area contributed by atoms with E-state index in [4.69, 9.17) is 0 Å². The smallest absolute Gasteiger partial charge is 0.157 e.